The van der Waals surface area contributed by atoms with Gasteiger partial charge in [0, 0.05) is 29.6 Å². The predicted octanol–water partition coefficient (Wildman–Crippen LogP) is 4.35. The second kappa shape index (κ2) is 7.78. The fourth-order valence-corrected chi connectivity index (χ4v) is 3.83. The third-order valence-corrected chi connectivity index (χ3v) is 5.19. The maximum atomic E-state index is 5.49. The standard InChI is InChI=1S/C19H22N4O2S/c1-6-8-23-18(15-7-9-25-14(15)4)21-22-19(23)26-11-16-13(3)17(24-5)12(2)10-20-16/h6-7,9-10H,1,8,11H2,2-5H3. The van der Waals surface area contributed by atoms with Gasteiger partial charge in [0.15, 0.2) is 11.0 Å². The summed E-state index contributed by atoms with van der Waals surface area (Å²) in [4.78, 5) is 4.55. The van der Waals surface area contributed by atoms with Crippen molar-refractivity contribution in [2.45, 2.75) is 38.2 Å². The molecular formula is C19H22N4O2S. The first-order valence-electron chi connectivity index (χ1n) is 8.27. The number of aryl methyl sites for hydroxylation is 2. The van der Waals surface area contributed by atoms with Crippen LogP contribution in [0.5, 0.6) is 5.75 Å². The number of hydrogen-bond donors (Lipinski definition) is 0. The molecule has 3 heterocycles. The van der Waals surface area contributed by atoms with Gasteiger partial charge in [-0.15, -0.1) is 16.8 Å². The van der Waals surface area contributed by atoms with Crippen molar-refractivity contribution in [3.05, 3.63) is 53.8 Å². The van der Waals surface area contributed by atoms with Crippen LogP contribution in [0.2, 0.25) is 0 Å². The Balaban J connectivity index is 1.88. The van der Waals surface area contributed by atoms with Crippen LogP contribution in [0.25, 0.3) is 11.4 Å². The lowest BCUT2D eigenvalue weighted by atomic mass is 10.1. The van der Waals surface area contributed by atoms with E-state index in [0.29, 0.717) is 12.3 Å². The molecule has 3 aromatic rings. The number of nitrogens with zero attached hydrogens (tertiary/aromatic N) is 4. The topological polar surface area (TPSA) is 66.0 Å². The van der Waals surface area contributed by atoms with Crippen LogP contribution in [0.15, 0.2) is 40.8 Å². The van der Waals surface area contributed by atoms with E-state index in [1.54, 1.807) is 25.1 Å². The Hall–Kier alpha value is -2.54. The molecule has 0 fully saturated rings. The van der Waals surface area contributed by atoms with E-state index in [9.17, 15) is 0 Å². The summed E-state index contributed by atoms with van der Waals surface area (Å²) < 4.78 is 12.9. The molecule has 0 bridgehead atoms. The van der Waals surface area contributed by atoms with Gasteiger partial charge >= 0.3 is 0 Å². The van der Waals surface area contributed by atoms with Crippen molar-refractivity contribution in [3.8, 4) is 17.1 Å². The molecule has 0 radical (unpaired) electrons. The number of pyridine rings is 1. The number of rotatable bonds is 7. The molecule has 0 unspecified atom stereocenters. The highest BCUT2D eigenvalue weighted by Gasteiger charge is 2.18. The van der Waals surface area contributed by atoms with Gasteiger partial charge in [0.1, 0.15) is 11.5 Å². The lowest BCUT2D eigenvalue weighted by molar-refractivity contribution is 0.407. The van der Waals surface area contributed by atoms with E-state index in [1.807, 2.05) is 43.7 Å². The minimum absolute atomic E-state index is 0.624. The third kappa shape index (κ3) is 3.39. The van der Waals surface area contributed by atoms with Gasteiger partial charge in [-0.1, -0.05) is 17.8 Å². The Morgan fingerprint density at radius 3 is 2.77 bits per heavy atom. The van der Waals surface area contributed by atoms with E-state index in [2.05, 4.69) is 21.8 Å². The second-order valence-electron chi connectivity index (χ2n) is 5.93. The third-order valence-electron chi connectivity index (χ3n) is 4.22. The first kappa shape index (κ1) is 18.3. The molecule has 0 amide bonds. The highest BCUT2D eigenvalue weighted by atomic mass is 32.2. The number of hydrogen-bond acceptors (Lipinski definition) is 6. The number of ether oxygens (including phenoxy) is 1. The summed E-state index contributed by atoms with van der Waals surface area (Å²) in [5.74, 6) is 3.17. The van der Waals surface area contributed by atoms with Crippen molar-refractivity contribution in [2.24, 2.45) is 0 Å². The zero-order valence-corrected chi connectivity index (χ0v) is 16.3. The maximum absolute atomic E-state index is 5.49. The molecule has 3 aromatic heterocycles. The summed E-state index contributed by atoms with van der Waals surface area (Å²) in [7, 11) is 1.69. The minimum Gasteiger partial charge on any atom is -0.496 e. The summed E-state index contributed by atoms with van der Waals surface area (Å²) in [5, 5.41) is 9.54. The maximum Gasteiger partial charge on any atom is 0.192 e. The molecule has 0 aromatic carbocycles. The molecule has 0 N–H and O–H groups in total. The van der Waals surface area contributed by atoms with E-state index >= 15 is 0 Å². The van der Waals surface area contributed by atoms with Crippen LogP contribution in [-0.2, 0) is 12.3 Å². The molecule has 3 rings (SSSR count). The molecule has 0 aliphatic heterocycles. The zero-order valence-electron chi connectivity index (χ0n) is 15.4. The summed E-state index contributed by atoms with van der Waals surface area (Å²) in [6, 6.07) is 1.91. The molecule has 0 spiro atoms. The van der Waals surface area contributed by atoms with Gasteiger partial charge in [0.05, 0.1) is 24.6 Å². The summed E-state index contributed by atoms with van der Waals surface area (Å²) in [5.41, 5.74) is 4.01. The fourth-order valence-electron chi connectivity index (χ4n) is 2.85. The summed E-state index contributed by atoms with van der Waals surface area (Å²) >= 11 is 1.60. The van der Waals surface area contributed by atoms with Crippen LogP contribution >= 0.6 is 11.8 Å². The molecule has 6 nitrogen and oxygen atoms in total. The summed E-state index contributed by atoms with van der Waals surface area (Å²) in [6.45, 7) is 10.4. The van der Waals surface area contributed by atoms with Crippen LogP contribution in [-0.4, -0.2) is 26.9 Å². The van der Waals surface area contributed by atoms with Crippen molar-refractivity contribution in [3.63, 3.8) is 0 Å². The predicted molar refractivity (Wildman–Crippen MR) is 102 cm³/mol. The Labute approximate surface area is 157 Å². The minimum atomic E-state index is 0.624. The molecule has 0 saturated heterocycles. The van der Waals surface area contributed by atoms with E-state index in [1.165, 1.54) is 0 Å². The van der Waals surface area contributed by atoms with Crippen LogP contribution in [0, 0.1) is 20.8 Å². The number of methoxy groups -OCH3 is 1. The molecule has 136 valence electrons. The molecular weight excluding hydrogens is 348 g/mol. The van der Waals surface area contributed by atoms with Crippen molar-refractivity contribution in [1.82, 2.24) is 19.7 Å². The van der Waals surface area contributed by atoms with Crippen molar-refractivity contribution >= 4 is 11.8 Å². The lowest BCUT2D eigenvalue weighted by Gasteiger charge is -2.12. The molecule has 7 heteroatoms. The SMILES string of the molecule is C=CCn1c(SCc2ncc(C)c(OC)c2C)nnc1-c1ccoc1C. The highest BCUT2D eigenvalue weighted by Crippen LogP contribution is 2.31. The Bertz CT molecular complexity index is 930. The monoisotopic (exact) mass is 370 g/mol. The smallest absolute Gasteiger partial charge is 0.192 e. The molecule has 26 heavy (non-hydrogen) atoms. The van der Waals surface area contributed by atoms with Crippen molar-refractivity contribution < 1.29 is 9.15 Å². The van der Waals surface area contributed by atoms with Crippen LogP contribution in [0.1, 0.15) is 22.6 Å². The Morgan fingerprint density at radius 1 is 1.31 bits per heavy atom. The summed E-state index contributed by atoms with van der Waals surface area (Å²) in [6.07, 6.45) is 5.34. The van der Waals surface area contributed by atoms with Gasteiger partial charge in [0.2, 0.25) is 0 Å². The lowest BCUT2D eigenvalue weighted by Crippen LogP contribution is -2.02. The number of aromatic nitrogens is 4. The first-order valence-corrected chi connectivity index (χ1v) is 9.25. The van der Waals surface area contributed by atoms with Crippen molar-refractivity contribution in [2.75, 3.05) is 7.11 Å². The highest BCUT2D eigenvalue weighted by molar-refractivity contribution is 7.98. The zero-order chi connectivity index (χ0) is 18.7. The molecule has 0 atom stereocenters. The normalized spacial score (nSPS) is 10.9. The van der Waals surface area contributed by atoms with E-state index < -0.39 is 0 Å². The number of thioether (sulfide) groups is 1. The Morgan fingerprint density at radius 2 is 2.12 bits per heavy atom. The van der Waals surface area contributed by atoms with E-state index in [-0.39, 0.29) is 0 Å². The van der Waals surface area contributed by atoms with E-state index in [4.69, 9.17) is 9.15 Å². The number of allylic oxidation sites excluding steroid dienone is 1. The number of furan rings is 1. The largest absolute Gasteiger partial charge is 0.496 e. The second-order valence-corrected chi connectivity index (χ2v) is 6.87. The van der Waals surface area contributed by atoms with Crippen LogP contribution in [0.4, 0.5) is 0 Å². The molecule has 0 aliphatic rings. The average molecular weight is 370 g/mol. The van der Waals surface area contributed by atoms with Crippen LogP contribution in [0.3, 0.4) is 0 Å². The Kier molecular flexibility index (Phi) is 5.46. The quantitative estimate of drug-likeness (QED) is 0.455. The molecule has 0 aliphatic carbocycles. The molecule has 0 saturated carbocycles. The average Bonchev–Trinajstić information content (AvgIpc) is 3.21. The van der Waals surface area contributed by atoms with Gasteiger partial charge in [0.25, 0.3) is 0 Å². The van der Waals surface area contributed by atoms with Gasteiger partial charge in [-0.25, -0.2) is 0 Å². The van der Waals surface area contributed by atoms with Crippen LogP contribution < -0.4 is 4.74 Å². The van der Waals surface area contributed by atoms with E-state index in [0.717, 1.165) is 44.9 Å². The van der Waals surface area contributed by atoms with Gasteiger partial charge in [-0.05, 0) is 26.8 Å². The van der Waals surface area contributed by atoms with Gasteiger partial charge in [-0.2, -0.15) is 0 Å². The van der Waals surface area contributed by atoms with Gasteiger partial charge < -0.3 is 9.15 Å². The fraction of sp³-hybridized carbons (Fsp3) is 0.316. The van der Waals surface area contributed by atoms with Gasteiger partial charge in [-0.3, -0.25) is 9.55 Å². The first-order chi connectivity index (χ1) is 12.6. The van der Waals surface area contributed by atoms with Crippen molar-refractivity contribution in [1.29, 1.82) is 0 Å².